The summed E-state index contributed by atoms with van der Waals surface area (Å²) in [7, 11) is 0. The lowest BCUT2D eigenvalue weighted by Gasteiger charge is -2.07. The summed E-state index contributed by atoms with van der Waals surface area (Å²) in [5.41, 5.74) is 7.07. The van der Waals surface area contributed by atoms with Crippen LogP contribution in [0.25, 0.3) is 0 Å². The number of hydrogen-bond donors (Lipinski definition) is 1. The number of carbonyl (C=O) groups excluding carboxylic acids is 1. The molecule has 1 aromatic rings. The Kier molecular flexibility index (Phi) is 4.99. The molecule has 16 heavy (non-hydrogen) atoms. The van der Waals surface area contributed by atoms with Crippen LogP contribution in [0.3, 0.4) is 0 Å². The van der Waals surface area contributed by atoms with Crippen molar-refractivity contribution in [1.29, 1.82) is 0 Å². The van der Waals surface area contributed by atoms with Gasteiger partial charge in [0.05, 0.1) is 12.2 Å². The number of nitrogens with two attached hydrogens (primary N) is 1. The van der Waals surface area contributed by atoms with E-state index in [1.54, 1.807) is 12.1 Å². The highest BCUT2D eigenvalue weighted by Crippen LogP contribution is 2.07. The van der Waals surface area contributed by atoms with E-state index in [9.17, 15) is 4.79 Å². The van der Waals surface area contributed by atoms with Crippen LogP contribution in [0.1, 0.15) is 36.2 Å². The largest absolute Gasteiger partial charge is 0.462 e. The van der Waals surface area contributed by atoms with Crippen LogP contribution in [0.5, 0.6) is 0 Å². The highest BCUT2D eigenvalue weighted by molar-refractivity contribution is 5.89. The summed E-state index contributed by atoms with van der Waals surface area (Å²) in [5.74, 6) is 0.289. The predicted molar refractivity (Wildman–Crippen MR) is 64.1 cm³/mol. The normalized spacial score (nSPS) is 10.5. The molecule has 0 heterocycles. The third-order valence-electron chi connectivity index (χ3n) is 2.35. The molecule has 2 N–H and O–H groups in total. The first-order valence-electron chi connectivity index (χ1n) is 5.59. The van der Waals surface area contributed by atoms with Crippen LogP contribution in [0.4, 0.5) is 0 Å². The summed E-state index contributed by atoms with van der Waals surface area (Å²) in [5, 5.41) is 0. The number of rotatable bonds is 5. The standard InChI is InChI=1S/C13H19NO2/c1-10(2)7-8-16-13(15)12-5-3-11(9-14)4-6-12/h3-6,10H,7-9,14H2,1-2H3. The minimum atomic E-state index is -0.260. The maximum atomic E-state index is 11.6. The molecule has 3 nitrogen and oxygen atoms in total. The third-order valence-corrected chi connectivity index (χ3v) is 2.35. The first-order valence-corrected chi connectivity index (χ1v) is 5.59. The van der Waals surface area contributed by atoms with Gasteiger partial charge in [-0.3, -0.25) is 0 Å². The number of carbonyl (C=O) groups is 1. The zero-order valence-corrected chi connectivity index (χ0v) is 9.90. The number of benzene rings is 1. The Morgan fingerprint density at radius 1 is 1.31 bits per heavy atom. The van der Waals surface area contributed by atoms with Gasteiger partial charge in [0, 0.05) is 6.54 Å². The highest BCUT2D eigenvalue weighted by atomic mass is 16.5. The van der Waals surface area contributed by atoms with Crippen LogP contribution in [0, 0.1) is 5.92 Å². The molecular weight excluding hydrogens is 202 g/mol. The second-order valence-electron chi connectivity index (χ2n) is 4.22. The minimum Gasteiger partial charge on any atom is -0.462 e. The predicted octanol–water partition coefficient (Wildman–Crippen LogP) is 2.35. The van der Waals surface area contributed by atoms with Gasteiger partial charge < -0.3 is 10.5 Å². The van der Waals surface area contributed by atoms with Gasteiger partial charge in [-0.1, -0.05) is 26.0 Å². The Morgan fingerprint density at radius 3 is 2.44 bits per heavy atom. The zero-order chi connectivity index (χ0) is 12.0. The van der Waals surface area contributed by atoms with Gasteiger partial charge in [-0.2, -0.15) is 0 Å². The fraction of sp³-hybridized carbons (Fsp3) is 0.462. The smallest absolute Gasteiger partial charge is 0.338 e. The van der Waals surface area contributed by atoms with Crippen molar-refractivity contribution < 1.29 is 9.53 Å². The molecule has 0 unspecified atom stereocenters. The Morgan fingerprint density at radius 2 is 1.94 bits per heavy atom. The van der Waals surface area contributed by atoms with Crippen molar-refractivity contribution in [3.05, 3.63) is 35.4 Å². The zero-order valence-electron chi connectivity index (χ0n) is 9.90. The van der Waals surface area contributed by atoms with Crippen molar-refractivity contribution in [3.8, 4) is 0 Å². The van der Waals surface area contributed by atoms with Crippen LogP contribution in [0.15, 0.2) is 24.3 Å². The molecule has 0 aliphatic heterocycles. The molecule has 0 spiro atoms. The maximum absolute atomic E-state index is 11.6. The van der Waals surface area contributed by atoms with E-state index in [4.69, 9.17) is 10.5 Å². The van der Waals surface area contributed by atoms with Gasteiger partial charge in [0.15, 0.2) is 0 Å². The fourth-order valence-electron chi connectivity index (χ4n) is 1.25. The van der Waals surface area contributed by atoms with Crippen LogP contribution in [-0.2, 0) is 11.3 Å². The molecule has 0 aromatic heterocycles. The van der Waals surface area contributed by atoms with Gasteiger partial charge >= 0.3 is 5.97 Å². The van der Waals surface area contributed by atoms with Gasteiger partial charge in [-0.05, 0) is 30.0 Å². The summed E-state index contributed by atoms with van der Waals surface area (Å²) >= 11 is 0. The number of ether oxygens (including phenoxy) is 1. The second kappa shape index (κ2) is 6.28. The van der Waals surface area contributed by atoms with Crippen molar-refractivity contribution in [1.82, 2.24) is 0 Å². The quantitative estimate of drug-likeness (QED) is 0.776. The molecule has 88 valence electrons. The monoisotopic (exact) mass is 221 g/mol. The van der Waals surface area contributed by atoms with E-state index in [1.165, 1.54) is 0 Å². The Bertz CT molecular complexity index is 330. The topological polar surface area (TPSA) is 52.3 Å². The van der Waals surface area contributed by atoms with E-state index >= 15 is 0 Å². The lowest BCUT2D eigenvalue weighted by Crippen LogP contribution is -2.08. The first-order chi connectivity index (χ1) is 7.63. The fourth-order valence-corrected chi connectivity index (χ4v) is 1.25. The van der Waals surface area contributed by atoms with E-state index < -0.39 is 0 Å². The molecule has 0 saturated heterocycles. The molecule has 1 rings (SSSR count). The van der Waals surface area contributed by atoms with Crippen molar-refractivity contribution >= 4 is 5.97 Å². The Balaban J connectivity index is 2.46. The lowest BCUT2D eigenvalue weighted by molar-refractivity contribution is 0.0488. The SMILES string of the molecule is CC(C)CCOC(=O)c1ccc(CN)cc1. The van der Waals surface area contributed by atoms with Crippen molar-refractivity contribution in [2.75, 3.05) is 6.61 Å². The molecule has 1 aromatic carbocycles. The average molecular weight is 221 g/mol. The molecule has 0 bridgehead atoms. The summed E-state index contributed by atoms with van der Waals surface area (Å²) in [4.78, 5) is 11.6. The van der Waals surface area contributed by atoms with E-state index in [0.717, 1.165) is 12.0 Å². The van der Waals surface area contributed by atoms with Crippen molar-refractivity contribution in [3.63, 3.8) is 0 Å². The van der Waals surface area contributed by atoms with Gasteiger partial charge in [-0.15, -0.1) is 0 Å². The van der Waals surface area contributed by atoms with Crippen LogP contribution < -0.4 is 5.73 Å². The molecule has 0 aliphatic rings. The van der Waals surface area contributed by atoms with E-state index in [0.29, 0.717) is 24.6 Å². The average Bonchev–Trinajstić information content (AvgIpc) is 2.28. The second-order valence-corrected chi connectivity index (χ2v) is 4.22. The van der Waals surface area contributed by atoms with Crippen molar-refractivity contribution in [2.24, 2.45) is 11.7 Å². The Hall–Kier alpha value is -1.35. The molecule has 0 fully saturated rings. The third kappa shape index (κ3) is 4.03. The molecule has 0 amide bonds. The molecule has 3 heteroatoms. The summed E-state index contributed by atoms with van der Waals surface area (Å²) in [6.45, 7) is 5.17. The molecule has 0 radical (unpaired) electrons. The van der Waals surface area contributed by atoms with Crippen LogP contribution >= 0.6 is 0 Å². The van der Waals surface area contributed by atoms with Crippen LogP contribution in [0.2, 0.25) is 0 Å². The summed E-state index contributed by atoms with van der Waals surface area (Å²) < 4.78 is 5.14. The van der Waals surface area contributed by atoms with E-state index in [-0.39, 0.29) is 5.97 Å². The van der Waals surface area contributed by atoms with Crippen LogP contribution in [-0.4, -0.2) is 12.6 Å². The molecule has 0 atom stereocenters. The molecule has 0 aliphatic carbocycles. The van der Waals surface area contributed by atoms with Gasteiger partial charge in [0.1, 0.15) is 0 Å². The highest BCUT2D eigenvalue weighted by Gasteiger charge is 2.06. The van der Waals surface area contributed by atoms with Gasteiger partial charge in [0.25, 0.3) is 0 Å². The lowest BCUT2D eigenvalue weighted by atomic mass is 10.1. The minimum absolute atomic E-state index is 0.260. The number of esters is 1. The summed E-state index contributed by atoms with van der Waals surface area (Å²) in [6.07, 6.45) is 0.895. The van der Waals surface area contributed by atoms with Crippen molar-refractivity contribution in [2.45, 2.75) is 26.8 Å². The van der Waals surface area contributed by atoms with Gasteiger partial charge in [-0.25, -0.2) is 4.79 Å². The Labute approximate surface area is 96.6 Å². The maximum Gasteiger partial charge on any atom is 0.338 e. The molecule has 0 saturated carbocycles. The van der Waals surface area contributed by atoms with E-state index in [2.05, 4.69) is 13.8 Å². The first kappa shape index (κ1) is 12.7. The summed E-state index contributed by atoms with van der Waals surface area (Å²) in [6, 6.07) is 7.19. The van der Waals surface area contributed by atoms with E-state index in [1.807, 2.05) is 12.1 Å². The molecular formula is C13H19NO2. The van der Waals surface area contributed by atoms with Gasteiger partial charge in [0.2, 0.25) is 0 Å². The number of hydrogen-bond acceptors (Lipinski definition) is 3.